The Labute approximate surface area is 232 Å². The quantitative estimate of drug-likeness (QED) is 0.238. The van der Waals surface area contributed by atoms with Crippen molar-refractivity contribution in [1.29, 1.82) is 0 Å². The second-order valence-corrected chi connectivity index (χ2v) is 11.5. The summed E-state index contributed by atoms with van der Waals surface area (Å²) >= 11 is 0. The number of benzene rings is 3. The highest BCUT2D eigenvalue weighted by Crippen LogP contribution is 2.33. The van der Waals surface area contributed by atoms with E-state index < -0.39 is 0 Å². The minimum absolute atomic E-state index is 0.0822. The van der Waals surface area contributed by atoms with E-state index in [1.165, 1.54) is 37.9 Å². The lowest BCUT2D eigenvalue weighted by Gasteiger charge is -2.26. The average Bonchev–Trinajstić information content (AvgIpc) is 3.35. The third-order valence-corrected chi connectivity index (χ3v) is 7.32. The lowest BCUT2D eigenvalue weighted by atomic mass is 9.92. The van der Waals surface area contributed by atoms with E-state index in [2.05, 4.69) is 117 Å². The highest BCUT2D eigenvalue weighted by molar-refractivity contribution is 5.98. The van der Waals surface area contributed by atoms with Gasteiger partial charge in [-0.1, -0.05) is 75.7 Å². The van der Waals surface area contributed by atoms with Gasteiger partial charge in [0.2, 0.25) is 0 Å². The molecule has 5 rings (SSSR count). The van der Waals surface area contributed by atoms with Crippen LogP contribution in [0.3, 0.4) is 0 Å². The summed E-state index contributed by atoms with van der Waals surface area (Å²) in [6.07, 6.45) is 3.94. The fourth-order valence-corrected chi connectivity index (χ4v) is 5.04. The number of aromatic nitrogens is 2. The van der Waals surface area contributed by atoms with Crippen LogP contribution in [-0.2, 0) is 5.41 Å². The largest absolute Gasteiger partial charge is 0.492 e. The average molecular weight is 524 g/mol. The summed E-state index contributed by atoms with van der Waals surface area (Å²) in [5.41, 5.74) is 4.12. The van der Waals surface area contributed by atoms with Crippen molar-refractivity contribution in [3.63, 3.8) is 0 Å². The van der Waals surface area contributed by atoms with Crippen molar-refractivity contribution in [3.8, 4) is 11.4 Å². The van der Waals surface area contributed by atoms with Gasteiger partial charge in [-0.15, -0.1) is 0 Å². The Balaban J connectivity index is 1.33. The standard InChI is InChI=1S/C33H41N5O/c1-24-13-15-26(16-14-24)38-32(23-31(36-38)33(3,4)5)35-25(2)34-29-17-18-30(28-12-8-7-11-27(28)29)39-22-21-37-19-9-6-10-20-37/h7-8,11-18,23,34-35H,2,6,9-10,19-22H2,1,3-5H3. The van der Waals surface area contributed by atoms with Crippen molar-refractivity contribution in [3.05, 3.63) is 90.4 Å². The molecule has 1 aliphatic rings. The number of likely N-dealkylation sites (tertiary alicyclic amines) is 1. The van der Waals surface area contributed by atoms with Crippen molar-refractivity contribution < 1.29 is 4.74 Å². The first kappa shape index (κ1) is 26.8. The zero-order valence-corrected chi connectivity index (χ0v) is 23.8. The first-order chi connectivity index (χ1) is 18.8. The van der Waals surface area contributed by atoms with Crippen LogP contribution in [0.15, 0.2) is 79.1 Å². The lowest BCUT2D eigenvalue weighted by molar-refractivity contribution is 0.184. The molecule has 0 radical (unpaired) electrons. The molecule has 0 unspecified atom stereocenters. The molecule has 1 fully saturated rings. The molecule has 0 saturated carbocycles. The van der Waals surface area contributed by atoms with Crippen LogP contribution in [0.1, 0.15) is 51.3 Å². The van der Waals surface area contributed by atoms with Gasteiger partial charge in [0.25, 0.3) is 0 Å². The van der Waals surface area contributed by atoms with E-state index in [0.29, 0.717) is 12.4 Å². The van der Waals surface area contributed by atoms with Gasteiger partial charge < -0.3 is 15.4 Å². The summed E-state index contributed by atoms with van der Waals surface area (Å²) in [6.45, 7) is 16.9. The third kappa shape index (κ3) is 6.45. The Morgan fingerprint density at radius 1 is 0.923 bits per heavy atom. The van der Waals surface area contributed by atoms with Crippen LogP contribution in [0.5, 0.6) is 5.75 Å². The van der Waals surface area contributed by atoms with Gasteiger partial charge in [0, 0.05) is 34.5 Å². The van der Waals surface area contributed by atoms with E-state index >= 15 is 0 Å². The van der Waals surface area contributed by atoms with Crippen LogP contribution >= 0.6 is 0 Å². The number of fused-ring (bicyclic) bond motifs is 1. The fourth-order valence-electron chi connectivity index (χ4n) is 5.04. The van der Waals surface area contributed by atoms with Crippen LogP contribution in [-0.4, -0.2) is 40.9 Å². The second-order valence-electron chi connectivity index (χ2n) is 11.5. The number of piperidine rings is 1. The summed E-state index contributed by atoms with van der Waals surface area (Å²) in [4.78, 5) is 2.50. The lowest BCUT2D eigenvalue weighted by Crippen LogP contribution is -2.33. The van der Waals surface area contributed by atoms with Gasteiger partial charge in [0.05, 0.1) is 11.4 Å². The molecule has 1 aromatic heterocycles. The van der Waals surface area contributed by atoms with Crippen molar-refractivity contribution >= 4 is 22.3 Å². The fraction of sp³-hybridized carbons (Fsp3) is 0.364. The molecule has 0 atom stereocenters. The normalized spacial score (nSPS) is 14.4. The molecule has 204 valence electrons. The summed E-state index contributed by atoms with van der Waals surface area (Å²) in [5, 5.41) is 14.1. The maximum absolute atomic E-state index is 6.27. The van der Waals surface area contributed by atoms with Gasteiger partial charge >= 0.3 is 0 Å². The predicted octanol–water partition coefficient (Wildman–Crippen LogP) is 7.49. The molecule has 2 heterocycles. The number of nitrogens with zero attached hydrogens (tertiary/aromatic N) is 3. The first-order valence-corrected chi connectivity index (χ1v) is 14.1. The number of nitrogens with one attached hydrogen (secondary N) is 2. The van der Waals surface area contributed by atoms with Crippen LogP contribution in [0.25, 0.3) is 16.5 Å². The highest BCUT2D eigenvalue weighted by Gasteiger charge is 2.21. The molecule has 0 aliphatic carbocycles. The zero-order chi connectivity index (χ0) is 27.4. The summed E-state index contributed by atoms with van der Waals surface area (Å²) in [7, 11) is 0. The minimum atomic E-state index is -0.0822. The Morgan fingerprint density at radius 2 is 1.64 bits per heavy atom. The van der Waals surface area contributed by atoms with Crippen molar-refractivity contribution in [2.75, 3.05) is 36.9 Å². The minimum Gasteiger partial charge on any atom is -0.492 e. The molecule has 4 aromatic rings. The van der Waals surface area contributed by atoms with Crippen LogP contribution in [0.2, 0.25) is 0 Å². The molecule has 1 saturated heterocycles. The Bertz CT molecular complexity index is 1430. The number of anilines is 2. The molecular weight excluding hydrogens is 482 g/mol. The zero-order valence-electron chi connectivity index (χ0n) is 23.8. The molecule has 3 aromatic carbocycles. The topological polar surface area (TPSA) is 54.4 Å². The van der Waals surface area contributed by atoms with E-state index in [-0.39, 0.29) is 5.41 Å². The molecule has 0 spiro atoms. The predicted molar refractivity (Wildman–Crippen MR) is 163 cm³/mol. The number of rotatable bonds is 9. The monoisotopic (exact) mass is 523 g/mol. The van der Waals surface area contributed by atoms with Crippen LogP contribution < -0.4 is 15.4 Å². The number of hydrogen-bond acceptors (Lipinski definition) is 5. The number of hydrogen-bond donors (Lipinski definition) is 2. The summed E-state index contributed by atoms with van der Waals surface area (Å²) in [5.74, 6) is 2.45. The van der Waals surface area contributed by atoms with Crippen molar-refractivity contribution in [1.82, 2.24) is 14.7 Å². The summed E-state index contributed by atoms with van der Waals surface area (Å²) < 4.78 is 8.21. The summed E-state index contributed by atoms with van der Waals surface area (Å²) in [6, 6.07) is 23.0. The molecule has 0 bridgehead atoms. The highest BCUT2D eigenvalue weighted by atomic mass is 16.5. The SMILES string of the molecule is C=C(Nc1ccc(OCCN2CCCCC2)c2ccccc12)Nc1cc(C(C)(C)C)nn1-c1ccc(C)cc1. The Morgan fingerprint density at radius 3 is 2.36 bits per heavy atom. The van der Waals surface area contributed by atoms with Crippen molar-refractivity contribution in [2.45, 2.75) is 52.4 Å². The molecular formula is C33H41N5O. The number of ether oxygens (including phenoxy) is 1. The van der Waals surface area contributed by atoms with Gasteiger partial charge in [-0.3, -0.25) is 4.90 Å². The van der Waals surface area contributed by atoms with Gasteiger partial charge in [-0.2, -0.15) is 5.10 Å². The van der Waals surface area contributed by atoms with E-state index in [1.807, 2.05) is 4.68 Å². The third-order valence-electron chi connectivity index (χ3n) is 7.32. The number of aryl methyl sites for hydroxylation is 1. The van der Waals surface area contributed by atoms with Gasteiger partial charge in [-0.05, 0) is 57.1 Å². The molecule has 2 N–H and O–H groups in total. The van der Waals surface area contributed by atoms with Crippen LogP contribution in [0, 0.1) is 6.92 Å². The molecule has 1 aliphatic heterocycles. The smallest absolute Gasteiger partial charge is 0.135 e. The van der Waals surface area contributed by atoms with E-state index in [4.69, 9.17) is 9.84 Å². The second kappa shape index (κ2) is 11.5. The maximum Gasteiger partial charge on any atom is 0.135 e. The van der Waals surface area contributed by atoms with Crippen LogP contribution in [0.4, 0.5) is 11.5 Å². The first-order valence-electron chi connectivity index (χ1n) is 14.1. The maximum atomic E-state index is 6.27. The molecule has 39 heavy (non-hydrogen) atoms. The Hall–Kier alpha value is -3.77. The Kier molecular flexibility index (Phi) is 7.94. The van der Waals surface area contributed by atoms with Crippen molar-refractivity contribution in [2.24, 2.45) is 0 Å². The van der Waals surface area contributed by atoms with E-state index in [1.54, 1.807) is 0 Å². The van der Waals surface area contributed by atoms with Gasteiger partial charge in [-0.25, -0.2) is 4.68 Å². The van der Waals surface area contributed by atoms with Gasteiger partial charge in [0.1, 0.15) is 24.0 Å². The molecule has 6 nitrogen and oxygen atoms in total. The van der Waals surface area contributed by atoms with E-state index in [9.17, 15) is 0 Å². The van der Waals surface area contributed by atoms with E-state index in [0.717, 1.165) is 46.0 Å². The molecule has 6 heteroatoms. The van der Waals surface area contributed by atoms with Gasteiger partial charge in [0.15, 0.2) is 0 Å². The molecule has 0 amide bonds.